The van der Waals surface area contributed by atoms with Gasteiger partial charge in [-0.15, -0.1) is 11.3 Å². The van der Waals surface area contributed by atoms with Crippen molar-refractivity contribution in [1.29, 1.82) is 0 Å². The van der Waals surface area contributed by atoms with Gasteiger partial charge >= 0.3 is 0 Å². The molecule has 2 aromatic rings. The SMILES string of the molecule is C[C@@H](O)c1ccc(Br)cc1OCc1cccs1. The van der Waals surface area contributed by atoms with Gasteiger partial charge in [0.05, 0.1) is 6.10 Å². The number of aliphatic hydroxyl groups excluding tert-OH is 1. The molecule has 1 aromatic heterocycles. The number of aliphatic hydroxyl groups is 1. The fourth-order valence-corrected chi connectivity index (χ4v) is 2.48. The van der Waals surface area contributed by atoms with Crippen LogP contribution in [0.5, 0.6) is 5.75 Å². The molecule has 0 fully saturated rings. The van der Waals surface area contributed by atoms with Gasteiger partial charge in [-0.2, -0.15) is 0 Å². The number of ether oxygens (including phenoxy) is 1. The standard InChI is InChI=1S/C13H13BrO2S/c1-9(15)12-5-4-10(14)7-13(12)16-8-11-3-2-6-17-11/h2-7,9,15H,8H2,1H3/t9-/m1/s1. The minimum absolute atomic E-state index is 0.526. The molecule has 1 aromatic carbocycles. The van der Waals surface area contributed by atoms with E-state index >= 15 is 0 Å². The van der Waals surface area contributed by atoms with Gasteiger partial charge in [0.15, 0.2) is 0 Å². The molecule has 1 N–H and O–H groups in total. The molecule has 0 aliphatic rings. The number of hydrogen-bond acceptors (Lipinski definition) is 3. The van der Waals surface area contributed by atoms with Crippen molar-refractivity contribution in [2.24, 2.45) is 0 Å². The first-order chi connectivity index (χ1) is 8.16. The van der Waals surface area contributed by atoms with Gasteiger partial charge in [-0.05, 0) is 30.5 Å². The molecule has 0 bridgehead atoms. The molecule has 1 heterocycles. The van der Waals surface area contributed by atoms with Crippen LogP contribution in [0.3, 0.4) is 0 Å². The summed E-state index contributed by atoms with van der Waals surface area (Å²) < 4.78 is 6.69. The maximum Gasteiger partial charge on any atom is 0.126 e. The number of halogens is 1. The van der Waals surface area contributed by atoms with Crippen molar-refractivity contribution in [3.63, 3.8) is 0 Å². The van der Waals surface area contributed by atoms with E-state index in [1.54, 1.807) is 18.3 Å². The molecule has 2 nitrogen and oxygen atoms in total. The summed E-state index contributed by atoms with van der Waals surface area (Å²) in [6.45, 7) is 2.27. The van der Waals surface area contributed by atoms with Crippen LogP contribution in [0.2, 0.25) is 0 Å². The van der Waals surface area contributed by atoms with Crippen LogP contribution in [-0.2, 0) is 6.61 Å². The molecule has 4 heteroatoms. The lowest BCUT2D eigenvalue weighted by Gasteiger charge is -2.13. The number of benzene rings is 1. The van der Waals surface area contributed by atoms with Gasteiger partial charge in [-0.1, -0.05) is 28.1 Å². The first-order valence-electron chi connectivity index (χ1n) is 5.29. The minimum Gasteiger partial charge on any atom is -0.488 e. The van der Waals surface area contributed by atoms with Gasteiger partial charge in [0.2, 0.25) is 0 Å². The molecule has 0 saturated heterocycles. The van der Waals surface area contributed by atoms with Crippen LogP contribution in [-0.4, -0.2) is 5.11 Å². The molecule has 0 spiro atoms. The van der Waals surface area contributed by atoms with E-state index in [9.17, 15) is 5.11 Å². The molecule has 1 atom stereocenters. The Bertz CT molecular complexity index is 480. The van der Waals surface area contributed by atoms with Gasteiger partial charge in [0.1, 0.15) is 12.4 Å². The lowest BCUT2D eigenvalue weighted by Crippen LogP contribution is -2.00. The summed E-state index contributed by atoms with van der Waals surface area (Å²) in [7, 11) is 0. The average molecular weight is 313 g/mol. The van der Waals surface area contributed by atoms with Crippen molar-refractivity contribution in [1.82, 2.24) is 0 Å². The molecular formula is C13H13BrO2S. The molecule has 90 valence electrons. The second kappa shape index (κ2) is 5.67. The van der Waals surface area contributed by atoms with Crippen LogP contribution in [0.1, 0.15) is 23.5 Å². The summed E-state index contributed by atoms with van der Waals surface area (Å²) >= 11 is 5.07. The van der Waals surface area contributed by atoms with E-state index in [0.717, 1.165) is 15.8 Å². The van der Waals surface area contributed by atoms with E-state index in [-0.39, 0.29) is 0 Å². The largest absolute Gasteiger partial charge is 0.488 e. The van der Waals surface area contributed by atoms with E-state index in [1.165, 1.54) is 4.88 Å². The number of hydrogen-bond donors (Lipinski definition) is 1. The smallest absolute Gasteiger partial charge is 0.126 e. The fraction of sp³-hybridized carbons (Fsp3) is 0.231. The second-order valence-electron chi connectivity index (χ2n) is 3.73. The summed E-state index contributed by atoms with van der Waals surface area (Å²) in [6, 6.07) is 9.69. The van der Waals surface area contributed by atoms with Crippen LogP contribution >= 0.6 is 27.3 Å². The monoisotopic (exact) mass is 312 g/mol. The summed E-state index contributed by atoms with van der Waals surface area (Å²) in [5.74, 6) is 0.725. The summed E-state index contributed by atoms with van der Waals surface area (Å²) in [6.07, 6.45) is -0.526. The van der Waals surface area contributed by atoms with E-state index in [0.29, 0.717) is 6.61 Å². The third-order valence-electron chi connectivity index (χ3n) is 2.38. The first-order valence-corrected chi connectivity index (χ1v) is 6.97. The Morgan fingerprint density at radius 1 is 1.41 bits per heavy atom. The van der Waals surface area contributed by atoms with Crippen LogP contribution in [0, 0.1) is 0 Å². The van der Waals surface area contributed by atoms with Crippen molar-refractivity contribution < 1.29 is 9.84 Å². The topological polar surface area (TPSA) is 29.5 Å². The maximum atomic E-state index is 9.66. The third kappa shape index (κ3) is 3.31. The molecule has 0 aliphatic carbocycles. The predicted octanol–water partition coefficient (Wildman–Crippen LogP) is 4.14. The fourth-order valence-electron chi connectivity index (χ4n) is 1.52. The van der Waals surface area contributed by atoms with E-state index in [1.807, 2.05) is 35.7 Å². The first kappa shape index (κ1) is 12.6. The van der Waals surface area contributed by atoms with E-state index in [2.05, 4.69) is 15.9 Å². The molecule has 0 radical (unpaired) electrons. The predicted molar refractivity (Wildman–Crippen MR) is 73.4 cm³/mol. The summed E-state index contributed by atoms with van der Waals surface area (Å²) in [5.41, 5.74) is 0.810. The Balaban J connectivity index is 2.16. The summed E-state index contributed by atoms with van der Waals surface area (Å²) in [5, 5.41) is 11.7. The molecule has 0 aliphatic heterocycles. The quantitative estimate of drug-likeness (QED) is 0.919. The Hall–Kier alpha value is -0.840. The molecule has 2 rings (SSSR count). The zero-order valence-corrected chi connectivity index (χ0v) is 11.8. The van der Waals surface area contributed by atoms with Crippen LogP contribution in [0.25, 0.3) is 0 Å². The van der Waals surface area contributed by atoms with Crippen LogP contribution < -0.4 is 4.74 Å². The lowest BCUT2D eigenvalue weighted by molar-refractivity contribution is 0.190. The van der Waals surface area contributed by atoms with Gasteiger partial charge in [-0.25, -0.2) is 0 Å². The van der Waals surface area contributed by atoms with E-state index < -0.39 is 6.10 Å². The van der Waals surface area contributed by atoms with Crippen molar-refractivity contribution >= 4 is 27.3 Å². The highest BCUT2D eigenvalue weighted by molar-refractivity contribution is 9.10. The van der Waals surface area contributed by atoms with Crippen molar-refractivity contribution in [3.8, 4) is 5.75 Å². The highest BCUT2D eigenvalue weighted by Crippen LogP contribution is 2.29. The molecule has 17 heavy (non-hydrogen) atoms. The zero-order valence-electron chi connectivity index (χ0n) is 9.39. The Labute approximate surface area is 113 Å². The maximum absolute atomic E-state index is 9.66. The van der Waals surface area contributed by atoms with Crippen LogP contribution in [0.4, 0.5) is 0 Å². The van der Waals surface area contributed by atoms with Crippen molar-refractivity contribution in [3.05, 3.63) is 50.6 Å². The second-order valence-corrected chi connectivity index (χ2v) is 5.67. The Kier molecular flexibility index (Phi) is 4.20. The minimum atomic E-state index is -0.526. The zero-order chi connectivity index (χ0) is 12.3. The Morgan fingerprint density at radius 2 is 2.24 bits per heavy atom. The number of thiophene rings is 1. The summed E-state index contributed by atoms with van der Waals surface area (Å²) in [4.78, 5) is 1.17. The van der Waals surface area contributed by atoms with Gasteiger partial charge in [0.25, 0.3) is 0 Å². The van der Waals surface area contributed by atoms with E-state index in [4.69, 9.17) is 4.74 Å². The molecule has 0 saturated carbocycles. The molecule has 0 amide bonds. The van der Waals surface area contributed by atoms with Gasteiger partial charge < -0.3 is 9.84 Å². The molecule has 0 unspecified atom stereocenters. The van der Waals surface area contributed by atoms with Gasteiger partial charge in [0, 0.05) is 14.9 Å². The highest BCUT2D eigenvalue weighted by atomic mass is 79.9. The normalized spacial score (nSPS) is 12.4. The van der Waals surface area contributed by atoms with Crippen molar-refractivity contribution in [2.45, 2.75) is 19.6 Å². The lowest BCUT2D eigenvalue weighted by atomic mass is 10.1. The van der Waals surface area contributed by atoms with Crippen molar-refractivity contribution in [2.75, 3.05) is 0 Å². The van der Waals surface area contributed by atoms with Crippen LogP contribution in [0.15, 0.2) is 40.2 Å². The van der Waals surface area contributed by atoms with Gasteiger partial charge in [-0.3, -0.25) is 0 Å². The highest BCUT2D eigenvalue weighted by Gasteiger charge is 2.10. The Morgan fingerprint density at radius 3 is 2.88 bits per heavy atom. The third-order valence-corrected chi connectivity index (χ3v) is 3.72. The molecular weight excluding hydrogens is 300 g/mol. The average Bonchev–Trinajstić information content (AvgIpc) is 2.78. The number of rotatable bonds is 4.